The molecule has 0 aromatic rings. The number of aliphatic hydroxyl groups is 9. The van der Waals surface area contributed by atoms with Crippen LogP contribution >= 0.6 is 0 Å². The van der Waals surface area contributed by atoms with Gasteiger partial charge in [0.1, 0.15) is 42.7 Å². The molecule has 0 radical (unpaired) electrons. The molecule has 0 amide bonds. The van der Waals surface area contributed by atoms with E-state index in [1.807, 2.05) is 6.92 Å². The predicted molar refractivity (Wildman–Crippen MR) is 199 cm³/mol. The fourth-order valence-corrected chi connectivity index (χ4v) is 13.0. The van der Waals surface area contributed by atoms with Crippen molar-refractivity contribution in [2.75, 3.05) is 19.8 Å². The zero-order valence-corrected chi connectivity index (χ0v) is 33.7. The summed E-state index contributed by atoms with van der Waals surface area (Å²) >= 11 is 0. The van der Waals surface area contributed by atoms with Crippen LogP contribution in [0.25, 0.3) is 0 Å². The largest absolute Gasteiger partial charge is 0.396 e. The number of allylic oxidation sites excluding steroid dienone is 3. The first kappa shape index (κ1) is 42.1. The van der Waals surface area contributed by atoms with E-state index in [9.17, 15) is 46.0 Å². The Balaban J connectivity index is 1.15. The summed E-state index contributed by atoms with van der Waals surface area (Å²) in [6, 6.07) is 0. The van der Waals surface area contributed by atoms with Gasteiger partial charge in [-0.3, -0.25) is 0 Å². The van der Waals surface area contributed by atoms with Gasteiger partial charge in [-0.05, 0) is 91.9 Å². The minimum Gasteiger partial charge on any atom is -0.396 e. The predicted octanol–water partition coefficient (Wildman–Crippen LogP) is 1.68. The molecule has 13 heteroatoms. The summed E-state index contributed by atoms with van der Waals surface area (Å²) < 4.78 is 24.0. The minimum absolute atomic E-state index is 0.0212. The van der Waals surface area contributed by atoms with Crippen LogP contribution in [0.4, 0.5) is 0 Å². The van der Waals surface area contributed by atoms with Crippen LogP contribution in [-0.4, -0.2) is 139 Å². The highest BCUT2D eigenvalue weighted by molar-refractivity contribution is 5.47. The molecule has 5 aliphatic carbocycles. The smallest absolute Gasteiger partial charge is 0.187 e. The number of rotatable bonds is 7. The van der Waals surface area contributed by atoms with Crippen molar-refractivity contribution >= 4 is 0 Å². The second kappa shape index (κ2) is 14.3. The first-order chi connectivity index (χ1) is 25.7. The maximum absolute atomic E-state index is 12.0. The molecule has 0 bridgehead atoms. The lowest BCUT2D eigenvalue weighted by molar-refractivity contribution is -0.367. The molecule has 0 spiro atoms. The van der Waals surface area contributed by atoms with Gasteiger partial charge in [-0.1, -0.05) is 59.3 Å². The minimum atomic E-state index is -1.73. The molecular weight excluding hydrogens is 712 g/mol. The summed E-state index contributed by atoms with van der Waals surface area (Å²) in [6.45, 7) is 14.4. The first-order valence-electron chi connectivity index (χ1n) is 20.6. The van der Waals surface area contributed by atoms with Gasteiger partial charge in [-0.15, -0.1) is 0 Å². The van der Waals surface area contributed by atoms with E-state index in [0.717, 1.165) is 38.5 Å². The lowest BCUT2D eigenvalue weighted by Gasteiger charge is -2.70. The Hall–Kier alpha value is -1.04. The Morgan fingerprint density at radius 1 is 0.745 bits per heavy atom. The zero-order chi connectivity index (χ0) is 40.3. The van der Waals surface area contributed by atoms with Crippen LogP contribution < -0.4 is 0 Å². The molecule has 9 N–H and O–H groups in total. The Morgan fingerprint density at radius 2 is 1.44 bits per heavy atom. The van der Waals surface area contributed by atoms with Gasteiger partial charge in [-0.2, -0.15) is 0 Å². The van der Waals surface area contributed by atoms with Crippen LogP contribution in [0.3, 0.4) is 0 Å². The number of ether oxygens (including phenoxy) is 4. The van der Waals surface area contributed by atoms with Gasteiger partial charge in [-0.25, -0.2) is 0 Å². The fraction of sp³-hybridized carbons (Fsp3) is 0.905. The van der Waals surface area contributed by atoms with Gasteiger partial charge in [0.25, 0.3) is 0 Å². The van der Waals surface area contributed by atoms with Gasteiger partial charge in [0.05, 0.1) is 38.1 Å². The average Bonchev–Trinajstić information content (AvgIpc) is 3.13. The van der Waals surface area contributed by atoms with E-state index in [1.165, 1.54) is 11.1 Å². The molecule has 13 nitrogen and oxygen atoms in total. The van der Waals surface area contributed by atoms with Crippen molar-refractivity contribution in [2.45, 2.75) is 173 Å². The summed E-state index contributed by atoms with van der Waals surface area (Å²) in [7, 11) is 0. The molecule has 2 saturated heterocycles. The van der Waals surface area contributed by atoms with Gasteiger partial charge in [0.15, 0.2) is 12.6 Å². The molecule has 2 aliphatic heterocycles. The van der Waals surface area contributed by atoms with E-state index in [4.69, 9.17) is 18.9 Å². The monoisotopic (exact) mass is 780 g/mol. The third kappa shape index (κ3) is 6.12. The fourth-order valence-electron chi connectivity index (χ4n) is 13.0. The molecule has 7 aliphatic rings. The lowest BCUT2D eigenvalue weighted by atomic mass is 9.35. The molecule has 2 heterocycles. The van der Waals surface area contributed by atoms with Crippen LogP contribution in [0.2, 0.25) is 0 Å². The van der Waals surface area contributed by atoms with Gasteiger partial charge in [0, 0.05) is 16.2 Å². The first-order valence-corrected chi connectivity index (χ1v) is 20.6. The Bertz CT molecular complexity index is 1500. The number of hydrogen-bond acceptors (Lipinski definition) is 13. The highest BCUT2D eigenvalue weighted by Gasteiger charge is 2.69. The van der Waals surface area contributed by atoms with E-state index in [-0.39, 0.29) is 46.7 Å². The molecule has 314 valence electrons. The van der Waals surface area contributed by atoms with E-state index in [2.05, 4.69) is 46.8 Å². The molecule has 19 atom stereocenters. The molecule has 0 aromatic carbocycles. The maximum Gasteiger partial charge on any atom is 0.187 e. The van der Waals surface area contributed by atoms with Crippen LogP contribution in [-0.2, 0) is 18.9 Å². The highest BCUT2D eigenvalue weighted by Crippen LogP contribution is 2.74. The van der Waals surface area contributed by atoms with Gasteiger partial charge in [0.2, 0.25) is 0 Å². The normalized spacial score (nSPS) is 54.9. The molecule has 3 saturated carbocycles. The van der Waals surface area contributed by atoms with Crippen molar-refractivity contribution in [3.63, 3.8) is 0 Å². The van der Waals surface area contributed by atoms with Crippen LogP contribution in [0.1, 0.15) is 99.8 Å². The maximum atomic E-state index is 12.0. The van der Waals surface area contributed by atoms with E-state index in [1.54, 1.807) is 6.92 Å². The second-order valence-electron chi connectivity index (χ2n) is 20.3. The summed E-state index contributed by atoms with van der Waals surface area (Å²) in [4.78, 5) is 0. The molecule has 55 heavy (non-hydrogen) atoms. The van der Waals surface area contributed by atoms with Crippen molar-refractivity contribution in [1.29, 1.82) is 0 Å². The van der Waals surface area contributed by atoms with Crippen molar-refractivity contribution in [3.8, 4) is 0 Å². The van der Waals surface area contributed by atoms with Gasteiger partial charge >= 0.3 is 0 Å². The van der Waals surface area contributed by atoms with E-state index < -0.39 is 91.1 Å². The van der Waals surface area contributed by atoms with Crippen molar-refractivity contribution in [1.82, 2.24) is 0 Å². The molecular formula is C42H68O13. The van der Waals surface area contributed by atoms with Crippen molar-refractivity contribution in [3.05, 3.63) is 23.3 Å². The quantitative estimate of drug-likeness (QED) is 0.168. The summed E-state index contributed by atoms with van der Waals surface area (Å²) in [6.07, 6.45) is -4.63. The van der Waals surface area contributed by atoms with Crippen molar-refractivity contribution in [2.24, 2.45) is 44.3 Å². The zero-order valence-electron chi connectivity index (χ0n) is 33.7. The average molecular weight is 781 g/mol. The van der Waals surface area contributed by atoms with Crippen LogP contribution in [0.15, 0.2) is 23.3 Å². The molecule has 0 aromatic heterocycles. The topological polar surface area (TPSA) is 219 Å². The third-order valence-corrected chi connectivity index (χ3v) is 16.8. The Labute approximate surface area is 325 Å². The summed E-state index contributed by atoms with van der Waals surface area (Å²) in [5, 5.41) is 97.6. The van der Waals surface area contributed by atoms with E-state index in [0.29, 0.717) is 12.8 Å². The van der Waals surface area contributed by atoms with Crippen LogP contribution in [0, 0.1) is 44.3 Å². The molecule has 0 unspecified atom stereocenters. The summed E-state index contributed by atoms with van der Waals surface area (Å²) in [5.74, 6) is 0.154. The Kier molecular flexibility index (Phi) is 11.0. The number of aliphatic hydroxyl groups excluding tert-OH is 9. The SMILES string of the molecule is C[C@H]1O[C@@H](O[C@H]2CC[C@@]3(C)[C@H](CC[C@]4(C)[C@H]3C=CC3=C5CC(C)(C)CC[C@]5(CO)[C@@H](O)C[C@]34C)[C@]2(C)CO)[C@H](O)[C@@H](O[C@@H]2O[C@H](CO)[C@@H](O)[C@H](O)[C@H]2O)[C@H]1O. The standard InChI is InChI=1S/C42H68O13/c1-21-29(47)34(55-35-32(50)31(49)30(48)24(18-43)53-35)33(51)36(52-21)54-28-11-12-38(4)25(39(28,5)19-44)10-13-40(6)26(38)9-8-22-23-16-37(2,3)14-15-42(23,20-45)27(46)17-41(22,40)7/h8-9,21,24-36,43-51H,10-20H2,1-7H3/t21-,24-,25+,26+,27+,28+,29+,30-,31+,32-,33-,34+,35+,36+,38+,39+,40-,41-,42-/m1/s1. The molecule has 5 fully saturated rings. The molecule has 7 rings (SSSR count). The number of fused-ring (bicyclic) bond motifs is 6. The summed E-state index contributed by atoms with van der Waals surface area (Å²) in [5.41, 5.74) is 0.476. The van der Waals surface area contributed by atoms with E-state index >= 15 is 0 Å². The Morgan fingerprint density at radius 3 is 2.09 bits per heavy atom. The highest BCUT2D eigenvalue weighted by atomic mass is 16.7. The third-order valence-electron chi connectivity index (χ3n) is 16.8. The second-order valence-corrected chi connectivity index (χ2v) is 20.3. The van der Waals surface area contributed by atoms with Crippen LogP contribution in [0.5, 0.6) is 0 Å². The lowest BCUT2D eigenvalue weighted by Crippen LogP contribution is -2.67. The van der Waals surface area contributed by atoms with Gasteiger partial charge < -0.3 is 64.9 Å². The van der Waals surface area contributed by atoms with Crippen molar-refractivity contribution < 1.29 is 64.9 Å². The number of hydrogen-bond donors (Lipinski definition) is 9.